The lowest BCUT2D eigenvalue weighted by molar-refractivity contribution is -0.180. The molecule has 0 amide bonds. The van der Waals surface area contributed by atoms with Gasteiger partial charge in [-0.05, 0) is 113 Å². The topological polar surface area (TPSA) is 31.4 Å². The highest BCUT2D eigenvalue weighted by atomic mass is 16.7. The Morgan fingerprint density at radius 2 is 1.14 bits per heavy atom. The van der Waals surface area contributed by atoms with Gasteiger partial charge in [0.05, 0.1) is 12.7 Å². The molecular weight excluding hydrogens is 683 g/mol. The molecule has 3 nitrogen and oxygen atoms in total. The largest absolute Gasteiger partial charge is 0.347 e. The van der Waals surface area contributed by atoms with E-state index in [9.17, 15) is 0 Å². The third kappa shape index (κ3) is 26.1. The minimum Gasteiger partial charge on any atom is -0.347 e. The van der Waals surface area contributed by atoms with Gasteiger partial charge in [-0.3, -0.25) is 4.98 Å². The SMILES string of the molecule is CCCCC/C=C\C/C=C\CCCCCCCCC1(CCCCCCCC/C=C\C/C=C\CCCCC)OCC(CCCC(C)CC(C)(C)c2cccnc2)O1. The van der Waals surface area contributed by atoms with Crippen LogP contribution in [-0.4, -0.2) is 23.5 Å². The second-order valence-electron chi connectivity index (χ2n) is 18.0. The van der Waals surface area contributed by atoms with Crippen LogP contribution >= 0.6 is 0 Å². The summed E-state index contributed by atoms with van der Waals surface area (Å²) in [6, 6.07) is 4.30. The Kier molecular flexibility index (Phi) is 30.4. The Bertz CT molecular complexity index is 1090. The number of aromatic nitrogens is 1. The van der Waals surface area contributed by atoms with Gasteiger partial charge in [-0.15, -0.1) is 0 Å². The first-order valence-electron chi connectivity index (χ1n) is 24.2. The van der Waals surface area contributed by atoms with Gasteiger partial charge in [0.1, 0.15) is 0 Å². The van der Waals surface area contributed by atoms with Crippen molar-refractivity contribution in [1.82, 2.24) is 4.98 Å². The Balaban J connectivity index is 1.67. The molecule has 0 aliphatic carbocycles. The summed E-state index contributed by atoms with van der Waals surface area (Å²) in [5.41, 5.74) is 1.50. The molecule has 1 fully saturated rings. The first-order chi connectivity index (χ1) is 27.4. The van der Waals surface area contributed by atoms with Crippen LogP contribution in [0.5, 0.6) is 0 Å². The predicted molar refractivity (Wildman–Crippen MR) is 246 cm³/mol. The molecule has 0 spiro atoms. The maximum atomic E-state index is 6.89. The standard InChI is InChI=1S/C53H91NO2/c1-6-8-10-12-14-16-18-20-22-24-26-28-30-32-34-36-43-53(44-37-35-33-31-29-27-25-23-21-19-17-15-13-11-9-7-2)55-48-51(56-53)42-38-40-49(3)46-52(4,5)50-41-39-45-54-47-50/h14-17,20-23,39,41,45,47,49,51H,6-13,18-19,24-38,40,42-44,46,48H2,1-5H3/b16-14-,17-15-,22-20-,23-21-. The van der Waals surface area contributed by atoms with Gasteiger partial charge in [0, 0.05) is 25.2 Å². The molecule has 1 aromatic rings. The van der Waals surface area contributed by atoms with Gasteiger partial charge in [-0.2, -0.15) is 0 Å². The fraction of sp³-hybridized carbons (Fsp3) is 0.755. The Morgan fingerprint density at radius 3 is 1.62 bits per heavy atom. The highest BCUT2D eigenvalue weighted by Crippen LogP contribution is 2.37. The zero-order chi connectivity index (χ0) is 40.3. The van der Waals surface area contributed by atoms with E-state index in [4.69, 9.17) is 9.47 Å². The van der Waals surface area contributed by atoms with Gasteiger partial charge in [0.15, 0.2) is 5.79 Å². The first-order valence-corrected chi connectivity index (χ1v) is 24.2. The van der Waals surface area contributed by atoms with Gasteiger partial charge >= 0.3 is 0 Å². The summed E-state index contributed by atoms with van der Waals surface area (Å²) < 4.78 is 13.5. The van der Waals surface area contributed by atoms with Crippen molar-refractivity contribution >= 4 is 0 Å². The van der Waals surface area contributed by atoms with E-state index in [-0.39, 0.29) is 17.3 Å². The van der Waals surface area contributed by atoms with Crippen LogP contribution in [0.15, 0.2) is 73.1 Å². The fourth-order valence-corrected chi connectivity index (χ4v) is 8.46. The molecule has 320 valence electrons. The smallest absolute Gasteiger partial charge is 0.168 e. The number of rotatable bonds is 37. The van der Waals surface area contributed by atoms with Gasteiger partial charge in [-0.25, -0.2) is 0 Å². The number of hydrogen-bond acceptors (Lipinski definition) is 3. The second-order valence-corrected chi connectivity index (χ2v) is 18.0. The molecule has 1 aromatic heterocycles. The monoisotopic (exact) mass is 774 g/mol. The van der Waals surface area contributed by atoms with E-state index in [1.54, 1.807) is 0 Å². The average molecular weight is 774 g/mol. The number of ether oxygens (including phenoxy) is 2. The molecule has 2 unspecified atom stereocenters. The summed E-state index contributed by atoms with van der Waals surface area (Å²) in [6.45, 7) is 12.5. The molecule has 56 heavy (non-hydrogen) atoms. The van der Waals surface area contributed by atoms with E-state index < -0.39 is 0 Å². The summed E-state index contributed by atoms with van der Waals surface area (Å²) in [5, 5.41) is 0. The van der Waals surface area contributed by atoms with Crippen molar-refractivity contribution in [2.75, 3.05) is 6.61 Å². The van der Waals surface area contributed by atoms with Crippen molar-refractivity contribution in [1.29, 1.82) is 0 Å². The Hall–Kier alpha value is -1.97. The van der Waals surface area contributed by atoms with E-state index >= 15 is 0 Å². The molecule has 2 heterocycles. The summed E-state index contributed by atoms with van der Waals surface area (Å²) in [6.07, 6.45) is 60.8. The normalized spacial score (nSPS) is 16.8. The van der Waals surface area contributed by atoms with Gasteiger partial charge in [-0.1, -0.05) is 179 Å². The first kappa shape index (κ1) is 50.2. The van der Waals surface area contributed by atoms with Gasteiger partial charge in [0.25, 0.3) is 0 Å². The van der Waals surface area contributed by atoms with E-state index in [2.05, 4.69) is 100 Å². The summed E-state index contributed by atoms with van der Waals surface area (Å²) in [4.78, 5) is 4.38. The van der Waals surface area contributed by atoms with Crippen LogP contribution in [0.1, 0.15) is 233 Å². The summed E-state index contributed by atoms with van der Waals surface area (Å²) in [7, 11) is 0. The molecule has 2 atom stereocenters. The number of allylic oxidation sites excluding steroid dienone is 8. The van der Waals surface area contributed by atoms with E-state index in [0.29, 0.717) is 5.92 Å². The van der Waals surface area contributed by atoms with Gasteiger partial charge < -0.3 is 9.47 Å². The molecule has 0 aromatic carbocycles. The van der Waals surface area contributed by atoms with Crippen molar-refractivity contribution in [2.45, 2.75) is 245 Å². The molecule has 0 radical (unpaired) electrons. The molecule has 1 saturated heterocycles. The third-order valence-corrected chi connectivity index (χ3v) is 12.0. The minimum absolute atomic E-state index is 0.152. The quantitative estimate of drug-likeness (QED) is 0.0498. The maximum absolute atomic E-state index is 6.89. The summed E-state index contributed by atoms with van der Waals surface area (Å²) >= 11 is 0. The number of hydrogen-bond donors (Lipinski definition) is 0. The average Bonchev–Trinajstić information content (AvgIpc) is 3.60. The van der Waals surface area contributed by atoms with Crippen molar-refractivity contribution in [3.05, 3.63) is 78.7 Å². The highest BCUT2D eigenvalue weighted by Gasteiger charge is 2.40. The van der Waals surface area contributed by atoms with Crippen molar-refractivity contribution in [2.24, 2.45) is 5.92 Å². The Labute approximate surface area is 349 Å². The number of nitrogens with zero attached hydrogens (tertiary/aromatic N) is 1. The van der Waals surface area contributed by atoms with Crippen LogP contribution in [0.25, 0.3) is 0 Å². The number of pyridine rings is 1. The molecular formula is C53H91NO2. The van der Waals surface area contributed by atoms with Crippen molar-refractivity contribution < 1.29 is 9.47 Å². The molecule has 2 rings (SSSR count). The van der Waals surface area contributed by atoms with Crippen LogP contribution in [0.4, 0.5) is 0 Å². The molecule has 3 heteroatoms. The van der Waals surface area contributed by atoms with Crippen LogP contribution in [0.2, 0.25) is 0 Å². The number of unbranched alkanes of at least 4 members (excludes halogenated alkanes) is 18. The zero-order valence-electron chi connectivity index (χ0n) is 37.8. The van der Waals surface area contributed by atoms with Crippen LogP contribution in [0, 0.1) is 5.92 Å². The van der Waals surface area contributed by atoms with Crippen molar-refractivity contribution in [3.8, 4) is 0 Å². The Morgan fingerprint density at radius 1 is 0.661 bits per heavy atom. The lowest BCUT2D eigenvalue weighted by atomic mass is 9.77. The van der Waals surface area contributed by atoms with E-state index in [1.165, 1.54) is 166 Å². The van der Waals surface area contributed by atoms with Gasteiger partial charge in [0.2, 0.25) is 0 Å². The lowest BCUT2D eigenvalue weighted by Crippen LogP contribution is -2.31. The van der Waals surface area contributed by atoms with Crippen LogP contribution < -0.4 is 0 Å². The van der Waals surface area contributed by atoms with E-state index in [0.717, 1.165) is 38.7 Å². The minimum atomic E-state index is -0.344. The molecule has 1 aliphatic rings. The maximum Gasteiger partial charge on any atom is 0.168 e. The lowest BCUT2D eigenvalue weighted by Gasteiger charge is -2.29. The summed E-state index contributed by atoms with van der Waals surface area (Å²) in [5.74, 6) is 0.331. The molecule has 0 N–H and O–H groups in total. The molecule has 0 bridgehead atoms. The van der Waals surface area contributed by atoms with Crippen LogP contribution in [-0.2, 0) is 14.9 Å². The molecule has 0 saturated carbocycles. The van der Waals surface area contributed by atoms with Crippen LogP contribution in [0.3, 0.4) is 0 Å². The fourth-order valence-electron chi connectivity index (χ4n) is 8.46. The third-order valence-electron chi connectivity index (χ3n) is 12.0. The highest BCUT2D eigenvalue weighted by molar-refractivity contribution is 5.19. The predicted octanol–water partition coefficient (Wildman–Crippen LogP) is 17.1. The van der Waals surface area contributed by atoms with E-state index in [1.807, 2.05) is 12.4 Å². The zero-order valence-corrected chi connectivity index (χ0v) is 37.8. The molecule has 1 aliphatic heterocycles. The second kappa shape index (κ2) is 33.9. The van der Waals surface area contributed by atoms with Crippen molar-refractivity contribution in [3.63, 3.8) is 0 Å².